The predicted octanol–water partition coefficient (Wildman–Crippen LogP) is 2.03. The summed E-state index contributed by atoms with van der Waals surface area (Å²) in [4.78, 5) is 14.7. The van der Waals surface area contributed by atoms with Crippen molar-refractivity contribution in [2.24, 2.45) is 5.92 Å². The summed E-state index contributed by atoms with van der Waals surface area (Å²) < 4.78 is 0.422. The number of H-pyrrole nitrogens is 1. The summed E-state index contributed by atoms with van der Waals surface area (Å²) in [6.07, 6.45) is 5.72. The van der Waals surface area contributed by atoms with Gasteiger partial charge in [0, 0.05) is 12.7 Å². The van der Waals surface area contributed by atoms with Crippen molar-refractivity contribution in [3.05, 3.63) is 28.5 Å². The smallest absolute Gasteiger partial charge is 0.254 e. The summed E-state index contributed by atoms with van der Waals surface area (Å²) in [5.41, 5.74) is 0.450. The van der Waals surface area contributed by atoms with Crippen molar-refractivity contribution in [2.75, 3.05) is 6.54 Å². The number of hydrogen-bond donors (Lipinski definition) is 3. The summed E-state index contributed by atoms with van der Waals surface area (Å²) >= 11 is 5.04. The van der Waals surface area contributed by atoms with E-state index >= 15 is 0 Å². The molecule has 1 saturated carbocycles. The lowest BCUT2D eigenvalue weighted by molar-refractivity contribution is 0.0840. The minimum Gasteiger partial charge on any atom is -0.391 e. The quantitative estimate of drug-likeness (QED) is 0.731. The lowest BCUT2D eigenvalue weighted by atomic mass is 10.0. The van der Waals surface area contributed by atoms with Crippen LogP contribution in [0, 0.1) is 10.6 Å². The molecule has 2 rings (SSSR count). The van der Waals surface area contributed by atoms with Crippen molar-refractivity contribution in [3.63, 3.8) is 0 Å². The number of pyridine rings is 1. The number of aromatic amines is 1. The van der Waals surface area contributed by atoms with Gasteiger partial charge in [0.1, 0.15) is 4.64 Å². The lowest BCUT2D eigenvalue weighted by Crippen LogP contribution is -2.35. The zero-order chi connectivity index (χ0) is 13.0. The largest absolute Gasteiger partial charge is 0.391 e. The first kappa shape index (κ1) is 13.2. The number of nitrogens with one attached hydrogen (secondary N) is 2. The summed E-state index contributed by atoms with van der Waals surface area (Å²) in [6.45, 7) is 0.299. The molecule has 0 aromatic carbocycles. The monoisotopic (exact) mass is 266 g/mol. The van der Waals surface area contributed by atoms with Crippen molar-refractivity contribution in [3.8, 4) is 0 Å². The lowest BCUT2D eigenvalue weighted by Gasteiger charge is -2.17. The van der Waals surface area contributed by atoms with Gasteiger partial charge in [-0.25, -0.2) is 0 Å². The molecule has 0 aliphatic heterocycles. The van der Waals surface area contributed by atoms with E-state index in [9.17, 15) is 9.90 Å². The summed E-state index contributed by atoms with van der Waals surface area (Å²) in [5, 5.41) is 12.7. The number of carbonyl (C=O) groups excluding carboxylic acids is 1. The van der Waals surface area contributed by atoms with Crippen LogP contribution in [0.25, 0.3) is 0 Å². The average Bonchev–Trinajstić information content (AvgIpc) is 2.90. The molecule has 1 aromatic rings. The Morgan fingerprint density at radius 3 is 2.94 bits per heavy atom. The highest BCUT2D eigenvalue weighted by Gasteiger charge is 2.23. The van der Waals surface area contributed by atoms with Crippen molar-refractivity contribution >= 4 is 18.1 Å². The number of carbonyl (C=O) groups is 1. The summed E-state index contributed by atoms with van der Waals surface area (Å²) in [7, 11) is 0. The van der Waals surface area contributed by atoms with E-state index in [-0.39, 0.29) is 5.91 Å². The number of amides is 1. The van der Waals surface area contributed by atoms with Gasteiger partial charge in [-0.3, -0.25) is 4.79 Å². The fourth-order valence-electron chi connectivity index (χ4n) is 2.40. The number of aromatic nitrogens is 1. The topological polar surface area (TPSA) is 65.1 Å². The van der Waals surface area contributed by atoms with Gasteiger partial charge in [0.15, 0.2) is 0 Å². The molecule has 0 saturated heterocycles. The fraction of sp³-hybridized carbons (Fsp3) is 0.538. The van der Waals surface area contributed by atoms with Crippen molar-refractivity contribution in [1.82, 2.24) is 10.3 Å². The van der Waals surface area contributed by atoms with Crippen LogP contribution in [0.1, 0.15) is 36.0 Å². The molecule has 1 atom stereocenters. The van der Waals surface area contributed by atoms with Gasteiger partial charge in [-0.1, -0.05) is 25.1 Å². The van der Waals surface area contributed by atoms with E-state index in [2.05, 4.69) is 10.3 Å². The summed E-state index contributed by atoms with van der Waals surface area (Å²) in [6, 6.07) is 3.41. The Labute approximate surface area is 111 Å². The Kier molecular flexibility index (Phi) is 4.49. The molecule has 1 aromatic heterocycles. The highest BCUT2D eigenvalue weighted by Crippen LogP contribution is 2.27. The van der Waals surface area contributed by atoms with E-state index < -0.39 is 6.10 Å². The maximum Gasteiger partial charge on any atom is 0.254 e. The molecule has 0 radical (unpaired) electrons. The normalized spacial score (nSPS) is 17.6. The van der Waals surface area contributed by atoms with Gasteiger partial charge in [0.2, 0.25) is 0 Å². The number of hydrogen-bond acceptors (Lipinski definition) is 3. The highest BCUT2D eigenvalue weighted by molar-refractivity contribution is 7.71. The zero-order valence-electron chi connectivity index (χ0n) is 10.2. The minimum atomic E-state index is -0.447. The molecule has 5 heteroatoms. The molecular weight excluding hydrogens is 248 g/mol. The van der Waals surface area contributed by atoms with Gasteiger partial charge in [0.05, 0.1) is 11.7 Å². The van der Waals surface area contributed by atoms with Crippen LogP contribution >= 0.6 is 12.2 Å². The van der Waals surface area contributed by atoms with Crippen LogP contribution in [0.3, 0.4) is 0 Å². The van der Waals surface area contributed by atoms with Crippen LogP contribution in [0.4, 0.5) is 0 Å². The number of aliphatic hydroxyl groups is 1. The van der Waals surface area contributed by atoms with Crippen LogP contribution in [0.15, 0.2) is 18.3 Å². The third-order valence-electron chi connectivity index (χ3n) is 3.48. The third-order valence-corrected chi connectivity index (χ3v) is 3.82. The first-order valence-corrected chi connectivity index (χ1v) is 6.73. The van der Waals surface area contributed by atoms with Gasteiger partial charge in [-0.2, -0.15) is 0 Å². The van der Waals surface area contributed by atoms with Gasteiger partial charge in [-0.05, 0) is 30.9 Å². The van der Waals surface area contributed by atoms with Gasteiger partial charge >= 0.3 is 0 Å². The van der Waals surface area contributed by atoms with Crippen LogP contribution in [0.2, 0.25) is 0 Å². The van der Waals surface area contributed by atoms with E-state index in [4.69, 9.17) is 12.2 Å². The Balaban J connectivity index is 1.88. The Morgan fingerprint density at radius 1 is 1.56 bits per heavy atom. The van der Waals surface area contributed by atoms with Crippen molar-refractivity contribution < 1.29 is 9.90 Å². The molecule has 1 aliphatic carbocycles. The van der Waals surface area contributed by atoms with E-state index in [1.165, 1.54) is 12.8 Å². The molecule has 18 heavy (non-hydrogen) atoms. The van der Waals surface area contributed by atoms with Crippen molar-refractivity contribution in [2.45, 2.75) is 31.8 Å². The van der Waals surface area contributed by atoms with E-state index in [0.29, 0.717) is 22.7 Å². The summed E-state index contributed by atoms with van der Waals surface area (Å²) in [5.74, 6) is 0.101. The SMILES string of the molecule is O=C(NCC(O)C1CCCC1)c1ccc[nH]c1=S. The molecule has 4 nitrogen and oxygen atoms in total. The molecule has 98 valence electrons. The first-order chi connectivity index (χ1) is 8.68. The molecule has 0 spiro atoms. The molecule has 1 aliphatic rings. The van der Waals surface area contributed by atoms with Gasteiger partial charge in [0.25, 0.3) is 5.91 Å². The van der Waals surface area contributed by atoms with E-state index in [1.54, 1.807) is 18.3 Å². The van der Waals surface area contributed by atoms with E-state index in [1.807, 2.05) is 0 Å². The second kappa shape index (κ2) is 6.11. The highest BCUT2D eigenvalue weighted by atomic mass is 32.1. The van der Waals surface area contributed by atoms with Crippen LogP contribution < -0.4 is 5.32 Å². The molecule has 0 bridgehead atoms. The maximum atomic E-state index is 11.9. The van der Waals surface area contributed by atoms with Crippen LogP contribution in [-0.2, 0) is 0 Å². The average molecular weight is 266 g/mol. The Hall–Kier alpha value is -1.20. The van der Waals surface area contributed by atoms with Crippen LogP contribution in [0.5, 0.6) is 0 Å². The standard InChI is InChI=1S/C13H18N2O2S/c16-11(9-4-1-2-5-9)8-15-12(17)10-6-3-7-14-13(10)18/h3,6-7,9,11,16H,1-2,4-5,8H2,(H,14,18)(H,15,17). The number of aliphatic hydroxyl groups excluding tert-OH is 1. The predicted molar refractivity (Wildman–Crippen MR) is 71.9 cm³/mol. The van der Waals surface area contributed by atoms with Crippen molar-refractivity contribution in [1.29, 1.82) is 0 Å². The minimum absolute atomic E-state index is 0.228. The van der Waals surface area contributed by atoms with E-state index in [0.717, 1.165) is 12.8 Å². The molecule has 1 heterocycles. The molecule has 1 fully saturated rings. The zero-order valence-corrected chi connectivity index (χ0v) is 11.0. The number of rotatable bonds is 4. The third kappa shape index (κ3) is 3.17. The fourth-order valence-corrected chi connectivity index (χ4v) is 2.63. The van der Waals surface area contributed by atoms with Crippen LogP contribution in [-0.4, -0.2) is 28.6 Å². The second-order valence-electron chi connectivity index (χ2n) is 4.73. The Bertz CT molecular complexity index is 466. The second-order valence-corrected chi connectivity index (χ2v) is 5.14. The Morgan fingerprint density at radius 2 is 2.28 bits per heavy atom. The molecule has 1 unspecified atom stereocenters. The maximum absolute atomic E-state index is 11.9. The van der Waals surface area contributed by atoms with Gasteiger partial charge < -0.3 is 15.4 Å². The first-order valence-electron chi connectivity index (χ1n) is 6.32. The molecular formula is C13H18N2O2S. The molecule has 3 N–H and O–H groups in total. The van der Waals surface area contributed by atoms with Gasteiger partial charge in [-0.15, -0.1) is 0 Å². The molecule has 1 amide bonds.